The minimum absolute atomic E-state index is 0.134. The second-order valence-corrected chi connectivity index (χ2v) is 7.50. The molecule has 0 saturated heterocycles. The van der Waals surface area contributed by atoms with Crippen LogP contribution in [-0.2, 0) is 4.74 Å². The van der Waals surface area contributed by atoms with Crippen LogP contribution in [0.2, 0.25) is 0 Å². The van der Waals surface area contributed by atoms with Gasteiger partial charge in [0.25, 0.3) is 5.91 Å². The van der Waals surface area contributed by atoms with Gasteiger partial charge in [0.15, 0.2) is 5.65 Å². The maximum Gasteiger partial charge on any atom is 0.323 e. The van der Waals surface area contributed by atoms with Crippen LogP contribution in [0, 0.1) is 0 Å². The van der Waals surface area contributed by atoms with E-state index in [1.807, 2.05) is 25.3 Å². The van der Waals surface area contributed by atoms with Gasteiger partial charge < -0.3 is 20.0 Å². The molecule has 30 heavy (non-hydrogen) atoms. The van der Waals surface area contributed by atoms with Crippen LogP contribution in [0.15, 0.2) is 35.4 Å². The van der Waals surface area contributed by atoms with E-state index in [1.54, 1.807) is 22.9 Å². The van der Waals surface area contributed by atoms with Gasteiger partial charge in [-0.1, -0.05) is 6.58 Å². The van der Waals surface area contributed by atoms with Crippen molar-refractivity contribution in [3.63, 3.8) is 0 Å². The van der Waals surface area contributed by atoms with Crippen molar-refractivity contribution >= 4 is 35.5 Å². The maximum absolute atomic E-state index is 12.3. The first-order valence-electron chi connectivity index (χ1n) is 9.34. The summed E-state index contributed by atoms with van der Waals surface area (Å²) >= 11 is 1.37. The van der Waals surface area contributed by atoms with Gasteiger partial charge in [-0.05, 0) is 31.2 Å². The van der Waals surface area contributed by atoms with Crippen LogP contribution in [0.4, 0.5) is 0 Å². The first-order valence-corrected chi connectivity index (χ1v) is 10.2. The average molecular weight is 424 g/mol. The molecule has 154 valence electrons. The van der Waals surface area contributed by atoms with E-state index in [0.29, 0.717) is 41.0 Å². The second kappa shape index (κ2) is 8.47. The monoisotopic (exact) mass is 424 g/mol. The molecule has 0 bridgehead atoms. The summed E-state index contributed by atoms with van der Waals surface area (Å²) in [6.45, 7) is 7.30. The van der Waals surface area contributed by atoms with Crippen molar-refractivity contribution in [3.8, 4) is 10.6 Å². The Hall–Kier alpha value is -3.50. The molecule has 0 radical (unpaired) electrons. The number of amides is 1. The molecule has 3 N–H and O–H groups in total. The van der Waals surface area contributed by atoms with E-state index in [-0.39, 0.29) is 11.6 Å². The van der Waals surface area contributed by atoms with Crippen LogP contribution in [-0.4, -0.2) is 50.2 Å². The highest BCUT2D eigenvalue weighted by molar-refractivity contribution is 7.17. The molecule has 0 saturated carbocycles. The third-order valence-corrected chi connectivity index (χ3v) is 5.46. The Balaban J connectivity index is 1.62. The molecule has 0 unspecified atom stereocenters. The lowest BCUT2D eigenvalue weighted by atomic mass is 10.3. The molecule has 0 aliphatic rings. The van der Waals surface area contributed by atoms with Crippen molar-refractivity contribution in [2.75, 3.05) is 19.8 Å². The van der Waals surface area contributed by atoms with Gasteiger partial charge in [-0.25, -0.2) is 14.3 Å². The molecule has 0 spiro atoms. The molecule has 0 aromatic carbocycles. The SMILES string of the molecule is C=c1[nH]c(=O)[nH]/c1=C\c1cnn2ccc(-c3ccc(C(=O)NCCOCC)s3)nc12. The Kier molecular flexibility index (Phi) is 5.59. The maximum atomic E-state index is 12.3. The molecule has 0 atom stereocenters. The van der Waals surface area contributed by atoms with Crippen molar-refractivity contribution in [2.45, 2.75) is 6.92 Å². The topological polar surface area (TPSA) is 117 Å². The third-order valence-electron chi connectivity index (χ3n) is 4.35. The first kappa shape index (κ1) is 19.8. The summed E-state index contributed by atoms with van der Waals surface area (Å²) in [7, 11) is 0. The average Bonchev–Trinajstić information content (AvgIpc) is 3.44. The van der Waals surface area contributed by atoms with Gasteiger partial charge in [-0.15, -0.1) is 11.3 Å². The molecule has 0 aliphatic heterocycles. The normalized spacial score (nSPS) is 12.0. The molecule has 4 aromatic heterocycles. The standard InChI is InChI=1S/C20H20N6O3S/c1-3-29-9-7-21-19(27)17-5-4-16(30-17)14-6-8-26-18(24-14)13(11-22-26)10-15-12(2)23-20(28)25-15/h4-6,8,10-11H,2-3,7,9H2,1H3,(H,21,27)(H2,23,25,28)/b15-10-. The summed E-state index contributed by atoms with van der Waals surface area (Å²) in [5, 5.41) is 8.20. The number of carbonyl (C=O) groups is 1. The Morgan fingerprint density at radius 1 is 1.37 bits per heavy atom. The van der Waals surface area contributed by atoms with Crippen molar-refractivity contribution in [1.82, 2.24) is 29.9 Å². The van der Waals surface area contributed by atoms with E-state index in [0.717, 1.165) is 16.1 Å². The fourth-order valence-electron chi connectivity index (χ4n) is 2.90. The first-order chi connectivity index (χ1) is 14.5. The van der Waals surface area contributed by atoms with Gasteiger partial charge in [0, 0.05) is 24.9 Å². The highest BCUT2D eigenvalue weighted by Gasteiger charge is 2.12. The number of hydrogen-bond donors (Lipinski definition) is 3. The molecular weight excluding hydrogens is 404 g/mol. The van der Waals surface area contributed by atoms with Crippen LogP contribution in [0.5, 0.6) is 0 Å². The van der Waals surface area contributed by atoms with E-state index >= 15 is 0 Å². The lowest BCUT2D eigenvalue weighted by molar-refractivity contribution is 0.0926. The molecule has 4 heterocycles. The summed E-state index contributed by atoms with van der Waals surface area (Å²) in [5.41, 5.74) is 1.78. The van der Waals surface area contributed by atoms with Crippen LogP contribution < -0.4 is 21.7 Å². The summed E-state index contributed by atoms with van der Waals surface area (Å²) in [6.07, 6.45) is 5.25. The zero-order valence-corrected chi connectivity index (χ0v) is 17.1. The molecule has 4 rings (SSSR count). The summed E-state index contributed by atoms with van der Waals surface area (Å²) < 4.78 is 6.88. The van der Waals surface area contributed by atoms with Crippen molar-refractivity contribution in [1.29, 1.82) is 0 Å². The zero-order chi connectivity index (χ0) is 21.1. The molecule has 9 nitrogen and oxygen atoms in total. The Labute approximate surface area is 174 Å². The van der Waals surface area contributed by atoms with Gasteiger partial charge >= 0.3 is 5.69 Å². The van der Waals surface area contributed by atoms with E-state index in [1.165, 1.54) is 11.3 Å². The Bertz CT molecular complexity index is 1360. The second-order valence-electron chi connectivity index (χ2n) is 6.41. The van der Waals surface area contributed by atoms with Crippen LogP contribution >= 0.6 is 11.3 Å². The van der Waals surface area contributed by atoms with Crippen molar-refractivity contribution < 1.29 is 9.53 Å². The largest absolute Gasteiger partial charge is 0.380 e. The highest BCUT2D eigenvalue weighted by Crippen LogP contribution is 2.27. The lowest BCUT2D eigenvalue weighted by Crippen LogP contribution is -2.26. The predicted octanol–water partition coefficient (Wildman–Crippen LogP) is 0.480. The quantitative estimate of drug-likeness (QED) is 0.373. The molecule has 4 aromatic rings. The number of rotatable bonds is 7. The Morgan fingerprint density at radius 2 is 2.23 bits per heavy atom. The number of fused-ring (bicyclic) bond motifs is 1. The van der Waals surface area contributed by atoms with Gasteiger partial charge in [0.2, 0.25) is 0 Å². The number of aromatic nitrogens is 5. The predicted molar refractivity (Wildman–Crippen MR) is 115 cm³/mol. The number of ether oxygens (including phenoxy) is 1. The van der Waals surface area contributed by atoms with Crippen molar-refractivity contribution in [2.24, 2.45) is 0 Å². The molecule has 0 fully saturated rings. The minimum atomic E-state index is -0.318. The zero-order valence-electron chi connectivity index (χ0n) is 16.3. The van der Waals surface area contributed by atoms with Gasteiger partial charge in [-0.2, -0.15) is 5.10 Å². The summed E-state index contributed by atoms with van der Waals surface area (Å²) in [5.74, 6) is -0.134. The smallest absolute Gasteiger partial charge is 0.323 e. The molecule has 1 amide bonds. The number of H-pyrrole nitrogens is 2. The van der Waals surface area contributed by atoms with E-state index in [9.17, 15) is 9.59 Å². The number of nitrogens with zero attached hydrogens (tertiary/aromatic N) is 3. The lowest BCUT2D eigenvalue weighted by Gasteiger charge is -2.03. The van der Waals surface area contributed by atoms with E-state index in [2.05, 4.69) is 27.0 Å². The highest BCUT2D eigenvalue weighted by atomic mass is 32.1. The Morgan fingerprint density at radius 3 is 3.00 bits per heavy atom. The van der Waals surface area contributed by atoms with Gasteiger partial charge in [0.1, 0.15) is 0 Å². The number of thiophene rings is 1. The fourth-order valence-corrected chi connectivity index (χ4v) is 3.80. The molecular formula is C20H20N6O3S. The molecule has 0 aliphatic carbocycles. The number of aromatic amines is 2. The summed E-state index contributed by atoms with van der Waals surface area (Å²) in [4.78, 5) is 35.2. The van der Waals surface area contributed by atoms with Gasteiger partial charge in [0.05, 0.1) is 39.0 Å². The fraction of sp³-hybridized carbons (Fsp3) is 0.200. The van der Waals surface area contributed by atoms with Crippen LogP contribution in [0.3, 0.4) is 0 Å². The van der Waals surface area contributed by atoms with E-state index in [4.69, 9.17) is 9.72 Å². The third kappa shape index (κ3) is 4.09. The number of carbonyl (C=O) groups excluding carboxylic acids is 1. The number of nitrogens with one attached hydrogen (secondary N) is 3. The van der Waals surface area contributed by atoms with Crippen molar-refractivity contribution in [3.05, 3.63) is 62.2 Å². The van der Waals surface area contributed by atoms with Crippen LogP contribution in [0.25, 0.3) is 28.9 Å². The van der Waals surface area contributed by atoms with Crippen LogP contribution in [0.1, 0.15) is 22.2 Å². The number of imidazole rings is 1. The molecule has 10 heteroatoms. The number of hydrogen-bond acceptors (Lipinski definition) is 6. The van der Waals surface area contributed by atoms with E-state index < -0.39 is 0 Å². The van der Waals surface area contributed by atoms with Gasteiger partial charge in [-0.3, -0.25) is 4.79 Å². The minimum Gasteiger partial charge on any atom is -0.380 e. The summed E-state index contributed by atoms with van der Waals surface area (Å²) in [6, 6.07) is 5.50.